The van der Waals surface area contributed by atoms with Crippen LogP contribution < -0.4 is 0 Å². The molecular weight excluding hydrogens is 180 g/mol. The Kier molecular flexibility index (Phi) is 1.88. The molecule has 1 saturated carbocycles. The summed E-state index contributed by atoms with van der Waals surface area (Å²) in [5.41, 5.74) is 0. The number of fused-ring (bicyclic) bond motifs is 1. The van der Waals surface area contributed by atoms with Crippen molar-refractivity contribution in [2.75, 3.05) is 6.26 Å². The second-order valence-corrected chi connectivity index (χ2v) is 4.70. The summed E-state index contributed by atoms with van der Waals surface area (Å²) in [5, 5.41) is 9.08. The first-order chi connectivity index (χ1) is 5.25. The molecule has 2 aliphatic rings. The molecule has 0 aromatic rings. The SMILES string of the molecule is CS[C@@H]1[C@H](Cl)[C@@H]2N=N[C@@H](C)[C@@H]21. The number of hydrogen-bond acceptors (Lipinski definition) is 3. The van der Waals surface area contributed by atoms with Crippen LogP contribution in [0.4, 0.5) is 0 Å². The minimum Gasteiger partial charge on any atom is -0.190 e. The first kappa shape index (κ1) is 7.87. The molecule has 1 fully saturated rings. The summed E-state index contributed by atoms with van der Waals surface area (Å²) in [4.78, 5) is 0. The summed E-state index contributed by atoms with van der Waals surface area (Å²) in [7, 11) is 0. The van der Waals surface area contributed by atoms with E-state index in [1.165, 1.54) is 0 Å². The molecule has 0 aromatic carbocycles. The monoisotopic (exact) mass is 190 g/mol. The zero-order chi connectivity index (χ0) is 8.01. The third-order valence-electron chi connectivity index (χ3n) is 2.63. The molecule has 1 aliphatic heterocycles. The minimum absolute atomic E-state index is 0.226. The van der Waals surface area contributed by atoms with E-state index in [2.05, 4.69) is 23.4 Å². The van der Waals surface area contributed by atoms with Crippen LogP contribution in [0.2, 0.25) is 0 Å². The number of hydrogen-bond donors (Lipinski definition) is 0. The first-order valence-corrected chi connectivity index (χ1v) is 5.55. The van der Waals surface area contributed by atoms with Gasteiger partial charge in [0.25, 0.3) is 0 Å². The van der Waals surface area contributed by atoms with Crippen molar-refractivity contribution < 1.29 is 0 Å². The van der Waals surface area contributed by atoms with Crippen molar-refractivity contribution >= 4 is 23.4 Å². The van der Waals surface area contributed by atoms with E-state index in [4.69, 9.17) is 11.6 Å². The van der Waals surface area contributed by atoms with Gasteiger partial charge in [0.2, 0.25) is 0 Å². The zero-order valence-electron chi connectivity index (χ0n) is 6.57. The Balaban J connectivity index is 2.10. The van der Waals surface area contributed by atoms with Gasteiger partial charge in [0, 0.05) is 11.2 Å². The van der Waals surface area contributed by atoms with E-state index in [1.807, 2.05) is 11.8 Å². The van der Waals surface area contributed by atoms with Crippen LogP contribution in [0.25, 0.3) is 0 Å². The van der Waals surface area contributed by atoms with Crippen LogP contribution in [-0.4, -0.2) is 29.0 Å². The van der Waals surface area contributed by atoms with Gasteiger partial charge in [-0.15, -0.1) is 11.6 Å². The van der Waals surface area contributed by atoms with Gasteiger partial charge in [0.15, 0.2) is 0 Å². The number of halogens is 1. The molecule has 0 unspecified atom stereocenters. The summed E-state index contributed by atoms with van der Waals surface area (Å²) in [6.45, 7) is 2.13. The van der Waals surface area contributed by atoms with Gasteiger partial charge in [-0.1, -0.05) is 0 Å². The molecule has 62 valence electrons. The van der Waals surface area contributed by atoms with Crippen molar-refractivity contribution in [3.05, 3.63) is 0 Å². The van der Waals surface area contributed by atoms with Crippen LogP contribution in [-0.2, 0) is 0 Å². The van der Waals surface area contributed by atoms with Gasteiger partial charge >= 0.3 is 0 Å². The van der Waals surface area contributed by atoms with Crippen LogP contribution in [0.15, 0.2) is 10.2 Å². The number of thioether (sulfide) groups is 1. The lowest BCUT2D eigenvalue weighted by atomic mass is 9.76. The smallest absolute Gasteiger partial charge is 0.0942 e. The standard InChI is InChI=1S/C7H11ClN2S/c1-3-4-6(10-9-3)5(8)7(4)11-2/h3-7H,1-2H3/t3-,4-,5+,6+,7-/m0/s1. The molecule has 2 nitrogen and oxygen atoms in total. The Labute approximate surface area is 75.8 Å². The minimum atomic E-state index is 0.226. The number of nitrogens with zero attached hydrogens (tertiary/aromatic N) is 2. The van der Waals surface area contributed by atoms with E-state index in [9.17, 15) is 0 Å². The fraction of sp³-hybridized carbons (Fsp3) is 1.00. The van der Waals surface area contributed by atoms with Crippen molar-refractivity contribution in [1.29, 1.82) is 0 Å². The maximum atomic E-state index is 6.11. The van der Waals surface area contributed by atoms with Crippen LogP contribution in [0.1, 0.15) is 6.92 Å². The van der Waals surface area contributed by atoms with Gasteiger partial charge in [-0.25, -0.2) is 0 Å². The molecule has 0 amide bonds. The first-order valence-electron chi connectivity index (χ1n) is 3.82. The molecule has 11 heavy (non-hydrogen) atoms. The van der Waals surface area contributed by atoms with Crippen molar-refractivity contribution in [1.82, 2.24) is 0 Å². The van der Waals surface area contributed by atoms with E-state index in [0.717, 1.165) is 0 Å². The lowest BCUT2D eigenvalue weighted by Crippen LogP contribution is -2.55. The highest BCUT2D eigenvalue weighted by molar-refractivity contribution is 7.99. The Morgan fingerprint density at radius 3 is 2.73 bits per heavy atom. The van der Waals surface area contributed by atoms with E-state index >= 15 is 0 Å². The largest absolute Gasteiger partial charge is 0.190 e. The molecule has 1 aliphatic carbocycles. The predicted molar refractivity (Wildman–Crippen MR) is 48.5 cm³/mol. The van der Waals surface area contributed by atoms with Crippen LogP contribution in [0.3, 0.4) is 0 Å². The van der Waals surface area contributed by atoms with Gasteiger partial charge in [-0.3, -0.25) is 0 Å². The zero-order valence-corrected chi connectivity index (χ0v) is 8.14. The summed E-state index contributed by atoms with van der Waals surface area (Å²) in [6, 6.07) is 0.719. The quantitative estimate of drug-likeness (QED) is 0.582. The van der Waals surface area contributed by atoms with Gasteiger partial charge in [0.1, 0.15) is 0 Å². The van der Waals surface area contributed by atoms with Gasteiger partial charge in [-0.05, 0) is 13.2 Å². The van der Waals surface area contributed by atoms with Crippen molar-refractivity contribution in [2.45, 2.75) is 29.6 Å². The highest BCUT2D eigenvalue weighted by atomic mass is 35.5. The molecule has 0 N–H and O–H groups in total. The third-order valence-corrected chi connectivity index (χ3v) is 4.46. The van der Waals surface area contributed by atoms with Crippen molar-refractivity contribution in [2.24, 2.45) is 16.1 Å². The van der Waals surface area contributed by atoms with Crippen LogP contribution in [0, 0.1) is 5.92 Å². The molecule has 2 rings (SSSR count). The highest BCUT2D eigenvalue weighted by Gasteiger charge is 2.54. The Bertz CT molecular complexity index is 197. The van der Waals surface area contributed by atoms with Crippen molar-refractivity contribution in [3.8, 4) is 0 Å². The normalized spacial score (nSPS) is 53.9. The van der Waals surface area contributed by atoms with E-state index in [-0.39, 0.29) is 5.38 Å². The highest BCUT2D eigenvalue weighted by Crippen LogP contribution is 2.48. The number of alkyl halides is 1. The number of rotatable bonds is 1. The topological polar surface area (TPSA) is 24.7 Å². The molecule has 4 heteroatoms. The maximum absolute atomic E-state index is 6.11. The molecule has 0 bridgehead atoms. The maximum Gasteiger partial charge on any atom is 0.0942 e. The summed E-state index contributed by atoms with van der Waals surface area (Å²) in [5.74, 6) is 0.618. The van der Waals surface area contributed by atoms with Gasteiger partial charge < -0.3 is 0 Å². The average molecular weight is 191 g/mol. The molecule has 5 atom stereocenters. The van der Waals surface area contributed by atoms with Gasteiger partial charge in [0.05, 0.1) is 17.5 Å². The Hall–Kier alpha value is 0.240. The predicted octanol–water partition coefficient (Wildman–Crippen LogP) is 2.18. The second kappa shape index (κ2) is 2.63. The second-order valence-electron chi connectivity index (χ2n) is 3.18. The lowest BCUT2D eigenvalue weighted by Gasteiger charge is -2.43. The Morgan fingerprint density at radius 2 is 2.09 bits per heavy atom. The Morgan fingerprint density at radius 1 is 1.36 bits per heavy atom. The van der Waals surface area contributed by atoms with Crippen molar-refractivity contribution in [3.63, 3.8) is 0 Å². The fourth-order valence-corrected chi connectivity index (χ4v) is 3.73. The molecule has 0 radical (unpaired) electrons. The fourth-order valence-electron chi connectivity index (χ4n) is 1.91. The average Bonchev–Trinajstić information content (AvgIpc) is 2.30. The van der Waals surface area contributed by atoms with Gasteiger partial charge in [-0.2, -0.15) is 22.0 Å². The molecule has 0 spiro atoms. The summed E-state index contributed by atoms with van der Waals surface area (Å²) >= 11 is 7.95. The van der Waals surface area contributed by atoms with E-state index in [0.29, 0.717) is 23.3 Å². The third kappa shape index (κ3) is 0.937. The summed E-state index contributed by atoms with van der Waals surface area (Å²) in [6.07, 6.45) is 2.11. The molecule has 0 aromatic heterocycles. The molecular formula is C7H11ClN2S. The molecule has 1 heterocycles. The molecule has 0 saturated heterocycles. The van der Waals surface area contributed by atoms with Crippen LogP contribution in [0.5, 0.6) is 0 Å². The van der Waals surface area contributed by atoms with E-state index < -0.39 is 0 Å². The van der Waals surface area contributed by atoms with E-state index in [1.54, 1.807) is 0 Å². The summed E-state index contributed by atoms with van der Waals surface area (Å²) < 4.78 is 0. The van der Waals surface area contributed by atoms with Crippen LogP contribution >= 0.6 is 23.4 Å². The number of azo groups is 1. The lowest BCUT2D eigenvalue weighted by molar-refractivity contribution is 0.288.